The molecule has 0 saturated heterocycles. The van der Waals surface area contributed by atoms with Gasteiger partial charge in [0.1, 0.15) is 6.10 Å². The smallest absolute Gasteiger partial charge is 0.124 e. The first-order chi connectivity index (χ1) is 5.38. The van der Waals surface area contributed by atoms with Crippen LogP contribution < -0.4 is 0 Å². The third-order valence-corrected chi connectivity index (χ3v) is 2.22. The van der Waals surface area contributed by atoms with E-state index in [1.807, 2.05) is 0 Å². The van der Waals surface area contributed by atoms with Crippen molar-refractivity contribution in [1.82, 2.24) is 0 Å². The van der Waals surface area contributed by atoms with E-state index in [1.165, 1.54) is 19.1 Å². The molecule has 2 unspecified atom stereocenters. The molecule has 2 heteroatoms. The van der Waals surface area contributed by atoms with E-state index in [0.29, 0.717) is 0 Å². The molecule has 0 radical (unpaired) electrons. The van der Waals surface area contributed by atoms with Crippen molar-refractivity contribution in [3.05, 3.63) is 12.8 Å². The molecule has 0 amide bonds. The minimum atomic E-state index is 0.242. The van der Waals surface area contributed by atoms with E-state index in [9.17, 15) is 0 Å². The van der Waals surface area contributed by atoms with Crippen molar-refractivity contribution in [2.24, 2.45) is 0 Å². The Morgan fingerprint density at radius 1 is 1.27 bits per heavy atom. The Bertz CT molecular complexity index is 123. The fourth-order valence-electron chi connectivity index (χ4n) is 1.61. The minimum absolute atomic E-state index is 0.242. The van der Waals surface area contributed by atoms with Gasteiger partial charge >= 0.3 is 0 Å². The molecule has 0 aromatic heterocycles. The molecule has 1 aliphatic rings. The minimum Gasteiger partial charge on any atom is -0.496 e. The Morgan fingerprint density at radius 2 is 1.91 bits per heavy atom. The van der Waals surface area contributed by atoms with Crippen LogP contribution in [0.15, 0.2) is 12.8 Å². The number of rotatable bonds is 3. The van der Waals surface area contributed by atoms with Gasteiger partial charge in [0.2, 0.25) is 0 Å². The highest BCUT2D eigenvalue weighted by Crippen LogP contribution is 2.23. The highest BCUT2D eigenvalue weighted by molar-refractivity contribution is 4.77. The van der Waals surface area contributed by atoms with Gasteiger partial charge in [-0.15, -0.1) is 0 Å². The SMILES string of the molecule is C=COC1CCCCC1OC. The summed E-state index contributed by atoms with van der Waals surface area (Å²) in [5.41, 5.74) is 0. The van der Waals surface area contributed by atoms with Crippen LogP contribution >= 0.6 is 0 Å². The van der Waals surface area contributed by atoms with Gasteiger partial charge < -0.3 is 9.47 Å². The molecular weight excluding hydrogens is 140 g/mol. The summed E-state index contributed by atoms with van der Waals surface area (Å²) in [6, 6.07) is 0. The average Bonchev–Trinajstić information content (AvgIpc) is 2.06. The van der Waals surface area contributed by atoms with Crippen LogP contribution in [0.2, 0.25) is 0 Å². The van der Waals surface area contributed by atoms with Crippen LogP contribution in [0.25, 0.3) is 0 Å². The van der Waals surface area contributed by atoms with Gasteiger partial charge in [0, 0.05) is 7.11 Å². The van der Waals surface area contributed by atoms with Gasteiger partial charge in [0.05, 0.1) is 12.4 Å². The summed E-state index contributed by atoms with van der Waals surface area (Å²) in [5.74, 6) is 0. The lowest BCUT2D eigenvalue weighted by molar-refractivity contribution is -0.0425. The van der Waals surface area contributed by atoms with Crippen LogP contribution in [0, 0.1) is 0 Å². The van der Waals surface area contributed by atoms with Crippen LogP contribution in [-0.2, 0) is 9.47 Å². The molecule has 2 atom stereocenters. The lowest BCUT2D eigenvalue weighted by Gasteiger charge is -2.29. The zero-order valence-corrected chi connectivity index (χ0v) is 7.08. The molecule has 0 aliphatic heterocycles. The predicted octanol–water partition coefficient (Wildman–Crippen LogP) is 2.10. The highest BCUT2D eigenvalue weighted by Gasteiger charge is 2.24. The van der Waals surface area contributed by atoms with Crippen LogP contribution in [0.1, 0.15) is 25.7 Å². The van der Waals surface area contributed by atoms with Gasteiger partial charge in [0.25, 0.3) is 0 Å². The first kappa shape index (κ1) is 8.60. The first-order valence-corrected chi connectivity index (χ1v) is 4.17. The normalized spacial score (nSPS) is 31.4. The van der Waals surface area contributed by atoms with Crippen molar-refractivity contribution in [2.75, 3.05) is 7.11 Å². The quantitative estimate of drug-likeness (QED) is 0.582. The second-order valence-electron chi connectivity index (χ2n) is 2.90. The first-order valence-electron chi connectivity index (χ1n) is 4.17. The molecule has 64 valence electrons. The molecule has 0 spiro atoms. The monoisotopic (exact) mass is 156 g/mol. The van der Waals surface area contributed by atoms with E-state index >= 15 is 0 Å². The van der Waals surface area contributed by atoms with E-state index < -0.39 is 0 Å². The second kappa shape index (κ2) is 4.39. The van der Waals surface area contributed by atoms with Crippen LogP contribution in [0.4, 0.5) is 0 Å². The molecule has 1 rings (SSSR count). The highest BCUT2D eigenvalue weighted by atomic mass is 16.5. The molecular formula is C9H16O2. The Morgan fingerprint density at radius 3 is 2.45 bits per heavy atom. The van der Waals surface area contributed by atoms with Gasteiger partial charge in [-0.05, 0) is 19.3 Å². The molecule has 0 aromatic rings. The Hall–Kier alpha value is -0.500. The fourth-order valence-corrected chi connectivity index (χ4v) is 1.61. The molecule has 0 bridgehead atoms. The third-order valence-electron chi connectivity index (χ3n) is 2.22. The summed E-state index contributed by atoms with van der Waals surface area (Å²) >= 11 is 0. The van der Waals surface area contributed by atoms with E-state index in [2.05, 4.69) is 6.58 Å². The van der Waals surface area contributed by atoms with Crippen LogP contribution in [-0.4, -0.2) is 19.3 Å². The van der Waals surface area contributed by atoms with Crippen molar-refractivity contribution < 1.29 is 9.47 Å². The second-order valence-corrected chi connectivity index (χ2v) is 2.90. The van der Waals surface area contributed by atoms with Crippen LogP contribution in [0.3, 0.4) is 0 Å². The Balaban J connectivity index is 2.37. The summed E-state index contributed by atoms with van der Waals surface area (Å²) in [7, 11) is 1.75. The number of ether oxygens (including phenoxy) is 2. The topological polar surface area (TPSA) is 18.5 Å². The molecule has 1 saturated carbocycles. The predicted molar refractivity (Wildman–Crippen MR) is 44.3 cm³/mol. The zero-order chi connectivity index (χ0) is 8.10. The van der Waals surface area contributed by atoms with Crippen molar-refractivity contribution in [3.63, 3.8) is 0 Å². The molecule has 11 heavy (non-hydrogen) atoms. The summed E-state index contributed by atoms with van der Waals surface area (Å²) < 4.78 is 10.6. The maximum atomic E-state index is 5.33. The largest absolute Gasteiger partial charge is 0.496 e. The fraction of sp³-hybridized carbons (Fsp3) is 0.778. The van der Waals surface area contributed by atoms with Gasteiger partial charge in [0.15, 0.2) is 0 Å². The zero-order valence-electron chi connectivity index (χ0n) is 7.08. The number of hydrogen-bond acceptors (Lipinski definition) is 2. The van der Waals surface area contributed by atoms with Crippen molar-refractivity contribution in [2.45, 2.75) is 37.9 Å². The number of methoxy groups -OCH3 is 1. The summed E-state index contributed by atoms with van der Waals surface area (Å²) in [4.78, 5) is 0. The lowest BCUT2D eigenvalue weighted by atomic mass is 9.95. The van der Waals surface area contributed by atoms with Gasteiger partial charge in [-0.3, -0.25) is 0 Å². The maximum absolute atomic E-state index is 5.33. The summed E-state index contributed by atoms with van der Waals surface area (Å²) in [6.07, 6.45) is 6.77. The molecule has 0 heterocycles. The van der Waals surface area contributed by atoms with Gasteiger partial charge in [-0.2, -0.15) is 0 Å². The Labute approximate surface area is 68.2 Å². The maximum Gasteiger partial charge on any atom is 0.124 e. The summed E-state index contributed by atoms with van der Waals surface area (Å²) in [5, 5.41) is 0. The molecule has 1 aliphatic carbocycles. The standard InChI is InChI=1S/C9H16O2/c1-3-11-9-7-5-4-6-8(9)10-2/h3,8-9H,1,4-7H2,2H3. The van der Waals surface area contributed by atoms with Gasteiger partial charge in [-0.25, -0.2) is 0 Å². The Kier molecular flexibility index (Phi) is 3.43. The van der Waals surface area contributed by atoms with Crippen molar-refractivity contribution in [3.8, 4) is 0 Å². The van der Waals surface area contributed by atoms with Crippen molar-refractivity contribution in [1.29, 1.82) is 0 Å². The molecule has 0 N–H and O–H groups in total. The molecule has 1 fully saturated rings. The third kappa shape index (κ3) is 2.22. The average molecular weight is 156 g/mol. The summed E-state index contributed by atoms with van der Waals surface area (Å²) in [6.45, 7) is 3.55. The van der Waals surface area contributed by atoms with E-state index in [-0.39, 0.29) is 12.2 Å². The van der Waals surface area contributed by atoms with E-state index in [1.54, 1.807) is 7.11 Å². The molecule has 2 nitrogen and oxygen atoms in total. The van der Waals surface area contributed by atoms with Crippen molar-refractivity contribution >= 4 is 0 Å². The van der Waals surface area contributed by atoms with E-state index in [4.69, 9.17) is 9.47 Å². The number of hydrogen-bond donors (Lipinski definition) is 0. The van der Waals surface area contributed by atoms with E-state index in [0.717, 1.165) is 12.8 Å². The molecule has 0 aromatic carbocycles. The van der Waals surface area contributed by atoms with Gasteiger partial charge in [-0.1, -0.05) is 13.0 Å². The lowest BCUT2D eigenvalue weighted by Crippen LogP contribution is -2.32. The van der Waals surface area contributed by atoms with Crippen LogP contribution in [0.5, 0.6) is 0 Å².